The van der Waals surface area contributed by atoms with Crippen molar-refractivity contribution in [3.63, 3.8) is 0 Å². The van der Waals surface area contributed by atoms with Crippen molar-refractivity contribution in [1.29, 1.82) is 0 Å². The minimum absolute atomic E-state index is 0.0446. The molecule has 2 rings (SSSR count). The molecule has 18 heavy (non-hydrogen) atoms. The van der Waals surface area contributed by atoms with Crippen LogP contribution < -0.4 is 5.32 Å². The second-order valence-corrected chi connectivity index (χ2v) is 6.46. The van der Waals surface area contributed by atoms with Gasteiger partial charge in [-0.05, 0) is 60.7 Å². The summed E-state index contributed by atoms with van der Waals surface area (Å²) in [6.45, 7) is 4.49. The van der Waals surface area contributed by atoms with Crippen LogP contribution >= 0.6 is 33.9 Å². The number of amides is 1. The summed E-state index contributed by atoms with van der Waals surface area (Å²) in [5.74, 6) is -0.0446. The maximum absolute atomic E-state index is 11.9. The molecule has 1 N–H and O–H groups in total. The van der Waals surface area contributed by atoms with Gasteiger partial charge in [-0.1, -0.05) is 0 Å². The molecule has 1 aromatic carbocycles. The number of carbonyl (C=O) groups is 1. The summed E-state index contributed by atoms with van der Waals surface area (Å²) in [7, 11) is 0. The molecule has 1 heterocycles. The first-order valence-corrected chi connectivity index (χ1v) is 7.42. The summed E-state index contributed by atoms with van der Waals surface area (Å²) in [6.07, 6.45) is 0. The zero-order chi connectivity index (χ0) is 13.1. The van der Waals surface area contributed by atoms with E-state index in [0.717, 1.165) is 19.1 Å². The van der Waals surface area contributed by atoms with Gasteiger partial charge in [0.1, 0.15) is 0 Å². The monoisotopic (exact) mass is 372 g/mol. The van der Waals surface area contributed by atoms with Crippen LogP contribution in [0, 0.1) is 17.4 Å². The first kappa shape index (κ1) is 13.5. The van der Waals surface area contributed by atoms with Crippen molar-refractivity contribution in [3.05, 3.63) is 49.0 Å². The van der Waals surface area contributed by atoms with Crippen LogP contribution in [0.5, 0.6) is 0 Å². The van der Waals surface area contributed by atoms with Gasteiger partial charge in [-0.2, -0.15) is 0 Å². The largest absolute Gasteiger partial charge is 0.347 e. The highest BCUT2D eigenvalue weighted by Crippen LogP contribution is 2.16. The van der Waals surface area contributed by atoms with E-state index in [-0.39, 0.29) is 5.91 Å². The number of thiazole rings is 1. The van der Waals surface area contributed by atoms with Crippen molar-refractivity contribution in [2.24, 2.45) is 0 Å². The molecular formula is C13H13IN2OS. The summed E-state index contributed by atoms with van der Waals surface area (Å²) in [6, 6.07) is 7.53. The number of rotatable bonds is 3. The van der Waals surface area contributed by atoms with Gasteiger partial charge < -0.3 is 5.32 Å². The second-order valence-electron chi connectivity index (χ2n) is 3.93. The lowest BCUT2D eigenvalue weighted by Crippen LogP contribution is -2.22. The summed E-state index contributed by atoms with van der Waals surface area (Å²) >= 11 is 3.85. The minimum atomic E-state index is -0.0446. The molecule has 0 fully saturated rings. The standard InChI is InChI=1S/C13H13IN2OS/c1-8-12(18-9(2)16-8)7-15-13(17)10-3-5-11(14)6-4-10/h3-6H,7H2,1-2H3,(H,15,17). The van der Waals surface area contributed by atoms with Crippen molar-refractivity contribution >= 4 is 39.8 Å². The molecule has 3 nitrogen and oxygen atoms in total. The fraction of sp³-hybridized carbons (Fsp3) is 0.231. The van der Waals surface area contributed by atoms with Crippen LogP contribution in [0.1, 0.15) is 25.9 Å². The number of carbonyl (C=O) groups excluding carboxylic acids is 1. The molecule has 5 heteroatoms. The van der Waals surface area contributed by atoms with Crippen molar-refractivity contribution in [1.82, 2.24) is 10.3 Å². The van der Waals surface area contributed by atoms with Crippen LogP contribution in [0.3, 0.4) is 0 Å². The third kappa shape index (κ3) is 3.29. The zero-order valence-corrected chi connectivity index (χ0v) is 13.1. The molecule has 0 unspecified atom stereocenters. The lowest BCUT2D eigenvalue weighted by atomic mass is 10.2. The lowest BCUT2D eigenvalue weighted by Gasteiger charge is -2.04. The number of hydrogen-bond donors (Lipinski definition) is 1. The van der Waals surface area contributed by atoms with E-state index < -0.39 is 0 Å². The molecule has 0 spiro atoms. The molecule has 0 aliphatic heterocycles. The van der Waals surface area contributed by atoms with Gasteiger partial charge in [-0.3, -0.25) is 4.79 Å². The van der Waals surface area contributed by atoms with Crippen molar-refractivity contribution < 1.29 is 4.79 Å². The molecule has 0 aliphatic rings. The van der Waals surface area contributed by atoms with Gasteiger partial charge in [0.05, 0.1) is 17.2 Å². The quantitative estimate of drug-likeness (QED) is 0.841. The predicted octanol–water partition coefficient (Wildman–Crippen LogP) is 3.29. The van der Waals surface area contributed by atoms with E-state index in [1.54, 1.807) is 11.3 Å². The Morgan fingerprint density at radius 3 is 2.56 bits per heavy atom. The van der Waals surface area contributed by atoms with E-state index >= 15 is 0 Å². The van der Waals surface area contributed by atoms with E-state index in [9.17, 15) is 4.79 Å². The third-order valence-corrected chi connectivity index (χ3v) is 4.31. The Labute approximate surface area is 124 Å². The average molecular weight is 372 g/mol. The molecule has 94 valence electrons. The highest BCUT2D eigenvalue weighted by molar-refractivity contribution is 14.1. The Morgan fingerprint density at radius 2 is 2.00 bits per heavy atom. The van der Waals surface area contributed by atoms with Gasteiger partial charge >= 0.3 is 0 Å². The van der Waals surface area contributed by atoms with Crippen LogP contribution in [-0.2, 0) is 6.54 Å². The number of hydrogen-bond acceptors (Lipinski definition) is 3. The maximum atomic E-state index is 11.9. The van der Waals surface area contributed by atoms with Crippen molar-refractivity contribution in [2.75, 3.05) is 0 Å². The Kier molecular flexibility index (Phi) is 4.34. The molecular weight excluding hydrogens is 359 g/mol. The maximum Gasteiger partial charge on any atom is 0.251 e. The van der Waals surface area contributed by atoms with E-state index in [2.05, 4.69) is 32.9 Å². The summed E-state index contributed by atoms with van der Waals surface area (Å²) in [4.78, 5) is 17.4. The summed E-state index contributed by atoms with van der Waals surface area (Å²) in [5.41, 5.74) is 1.69. The van der Waals surface area contributed by atoms with E-state index in [4.69, 9.17) is 0 Å². The molecule has 0 bridgehead atoms. The lowest BCUT2D eigenvalue weighted by molar-refractivity contribution is 0.0951. The van der Waals surface area contributed by atoms with Crippen LogP contribution in [-0.4, -0.2) is 10.9 Å². The number of aryl methyl sites for hydroxylation is 2. The van der Waals surface area contributed by atoms with Crippen LogP contribution in [0.15, 0.2) is 24.3 Å². The van der Waals surface area contributed by atoms with Crippen LogP contribution in [0.4, 0.5) is 0 Å². The van der Waals surface area contributed by atoms with Gasteiger partial charge in [-0.15, -0.1) is 11.3 Å². The smallest absolute Gasteiger partial charge is 0.251 e. The minimum Gasteiger partial charge on any atom is -0.347 e. The molecule has 0 saturated carbocycles. The van der Waals surface area contributed by atoms with Gasteiger partial charge in [0, 0.05) is 14.0 Å². The molecule has 0 radical (unpaired) electrons. The predicted molar refractivity (Wildman–Crippen MR) is 81.9 cm³/mol. The fourth-order valence-corrected chi connectivity index (χ4v) is 2.84. The molecule has 1 aromatic heterocycles. The highest BCUT2D eigenvalue weighted by atomic mass is 127. The number of aromatic nitrogens is 1. The van der Waals surface area contributed by atoms with Crippen molar-refractivity contribution in [2.45, 2.75) is 20.4 Å². The van der Waals surface area contributed by atoms with Crippen molar-refractivity contribution in [3.8, 4) is 0 Å². The SMILES string of the molecule is Cc1nc(C)c(CNC(=O)c2ccc(I)cc2)s1. The number of nitrogens with zero attached hydrogens (tertiary/aromatic N) is 1. The number of nitrogens with one attached hydrogen (secondary N) is 1. The fourth-order valence-electron chi connectivity index (χ4n) is 1.60. The molecule has 2 aromatic rings. The van der Waals surface area contributed by atoms with E-state index in [1.165, 1.54) is 0 Å². The summed E-state index contributed by atoms with van der Waals surface area (Å²) in [5, 5.41) is 3.95. The second kappa shape index (κ2) is 5.79. The Hall–Kier alpha value is -0.950. The third-order valence-electron chi connectivity index (χ3n) is 2.52. The Balaban J connectivity index is 2.00. The van der Waals surface area contributed by atoms with Gasteiger partial charge in [0.2, 0.25) is 0 Å². The molecule has 0 saturated heterocycles. The molecule has 1 amide bonds. The van der Waals surface area contributed by atoms with E-state index in [1.807, 2.05) is 38.1 Å². The first-order valence-electron chi connectivity index (χ1n) is 5.53. The van der Waals surface area contributed by atoms with Crippen LogP contribution in [0.25, 0.3) is 0 Å². The van der Waals surface area contributed by atoms with E-state index in [0.29, 0.717) is 12.1 Å². The molecule has 0 atom stereocenters. The zero-order valence-electron chi connectivity index (χ0n) is 10.2. The van der Waals surface area contributed by atoms with Gasteiger partial charge in [-0.25, -0.2) is 4.98 Å². The number of halogens is 1. The average Bonchev–Trinajstić information content (AvgIpc) is 2.66. The Bertz CT molecular complexity index is 563. The summed E-state index contributed by atoms with van der Waals surface area (Å²) < 4.78 is 1.12. The normalized spacial score (nSPS) is 10.4. The first-order chi connectivity index (χ1) is 8.56. The highest BCUT2D eigenvalue weighted by Gasteiger charge is 2.08. The number of benzene rings is 1. The van der Waals surface area contributed by atoms with Crippen LogP contribution in [0.2, 0.25) is 0 Å². The molecule has 0 aliphatic carbocycles. The van der Waals surface area contributed by atoms with Gasteiger partial charge in [0.15, 0.2) is 0 Å². The topological polar surface area (TPSA) is 42.0 Å². The Morgan fingerprint density at radius 1 is 1.33 bits per heavy atom. The van der Waals surface area contributed by atoms with Gasteiger partial charge in [0.25, 0.3) is 5.91 Å².